The van der Waals surface area contributed by atoms with Crippen molar-refractivity contribution >= 4 is 0 Å². The lowest BCUT2D eigenvalue weighted by Gasteiger charge is -2.33. The summed E-state index contributed by atoms with van der Waals surface area (Å²) in [5, 5.41) is 10.5. The monoisotopic (exact) mass is 344 g/mol. The first-order valence-corrected chi connectivity index (χ1v) is 8.73. The molecular formula is C19H30F2O3. The highest BCUT2D eigenvalue weighted by molar-refractivity contribution is 5.19. The van der Waals surface area contributed by atoms with Crippen molar-refractivity contribution in [2.45, 2.75) is 64.3 Å². The predicted octanol–water partition coefficient (Wildman–Crippen LogP) is 4.81. The third kappa shape index (κ3) is 6.46. The van der Waals surface area contributed by atoms with Crippen molar-refractivity contribution in [3.05, 3.63) is 35.4 Å². The molecule has 5 heteroatoms. The van der Waals surface area contributed by atoms with Crippen LogP contribution in [0.15, 0.2) is 18.2 Å². The number of halogens is 2. The van der Waals surface area contributed by atoms with E-state index in [4.69, 9.17) is 9.47 Å². The maximum atomic E-state index is 13.9. The molecule has 0 aromatic heterocycles. The van der Waals surface area contributed by atoms with Crippen LogP contribution in [-0.4, -0.2) is 25.3 Å². The second-order valence-electron chi connectivity index (χ2n) is 6.23. The molecule has 1 rings (SSSR count). The molecule has 0 amide bonds. The Labute approximate surface area is 144 Å². The standard InChI is InChI=1S/C19H30F2O3/c1-4-5-6-7-8-9-10-16(19(22,23-2)24-3)13-15-11-12-17(20)14-18(15)21/h11-12,14,16,22H,4-10,13H2,1-3H3. The summed E-state index contributed by atoms with van der Waals surface area (Å²) >= 11 is 0. The topological polar surface area (TPSA) is 38.7 Å². The van der Waals surface area contributed by atoms with Gasteiger partial charge in [-0.3, -0.25) is 0 Å². The Morgan fingerprint density at radius 1 is 1.04 bits per heavy atom. The summed E-state index contributed by atoms with van der Waals surface area (Å²) in [6.07, 6.45) is 7.57. The van der Waals surface area contributed by atoms with E-state index in [-0.39, 0.29) is 6.42 Å². The Balaban J connectivity index is 2.71. The smallest absolute Gasteiger partial charge is 0.283 e. The molecule has 0 aliphatic carbocycles. The molecule has 0 aliphatic rings. The maximum absolute atomic E-state index is 13.9. The molecule has 24 heavy (non-hydrogen) atoms. The Morgan fingerprint density at radius 3 is 2.25 bits per heavy atom. The molecule has 0 bridgehead atoms. The molecule has 1 aromatic carbocycles. The van der Waals surface area contributed by atoms with Gasteiger partial charge in [0.25, 0.3) is 5.97 Å². The van der Waals surface area contributed by atoms with Crippen LogP contribution in [0.4, 0.5) is 8.78 Å². The lowest BCUT2D eigenvalue weighted by atomic mass is 9.90. The first kappa shape index (κ1) is 21.0. The Morgan fingerprint density at radius 2 is 1.67 bits per heavy atom. The number of rotatable bonds is 12. The molecule has 0 saturated carbocycles. The van der Waals surface area contributed by atoms with Crippen LogP contribution >= 0.6 is 0 Å². The minimum Gasteiger partial charge on any atom is -0.343 e. The minimum absolute atomic E-state index is 0.221. The van der Waals surface area contributed by atoms with E-state index in [1.807, 2.05) is 0 Å². The fourth-order valence-corrected chi connectivity index (χ4v) is 2.95. The van der Waals surface area contributed by atoms with Gasteiger partial charge in [0.2, 0.25) is 0 Å². The summed E-state index contributed by atoms with van der Waals surface area (Å²) in [6.45, 7) is 2.17. The van der Waals surface area contributed by atoms with Gasteiger partial charge < -0.3 is 14.6 Å². The van der Waals surface area contributed by atoms with Crippen molar-refractivity contribution in [1.29, 1.82) is 0 Å². The van der Waals surface area contributed by atoms with Gasteiger partial charge in [-0.15, -0.1) is 0 Å². The summed E-state index contributed by atoms with van der Waals surface area (Å²) in [5.41, 5.74) is 0.347. The minimum atomic E-state index is -1.77. The average Bonchev–Trinajstić information content (AvgIpc) is 2.58. The fraction of sp³-hybridized carbons (Fsp3) is 0.684. The SMILES string of the molecule is CCCCCCCCC(Cc1ccc(F)cc1F)C(O)(OC)OC. The lowest BCUT2D eigenvalue weighted by Crippen LogP contribution is -2.43. The van der Waals surface area contributed by atoms with Gasteiger partial charge in [-0.2, -0.15) is 0 Å². The number of hydrogen-bond donors (Lipinski definition) is 1. The number of hydrogen-bond acceptors (Lipinski definition) is 3. The van der Waals surface area contributed by atoms with Gasteiger partial charge >= 0.3 is 0 Å². The molecule has 1 aromatic rings. The van der Waals surface area contributed by atoms with Gasteiger partial charge in [-0.1, -0.05) is 51.5 Å². The number of unbranched alkanes of at least 4 members (excludes halogenated alkanes) is 5. The summed E-state index contributed by atoms with van der Waals surface area (Å²) in [4.78, 5) is 0. The summed E-state index contributed by atoms with van der Waals surface area (Å²) < 4.78 is 37.2. The van der Waals surface area contributed by atoms with E-state index < -0.39 is 23.5 Å². The van der Waals surface area contributed by atoms with Crippen LogP contribution in [0.3, 0.4) is 0 Å². The van der Waals surface area contributed by atoms with Crippen molar-refractivity contribution in [2.75, 3.05) is 14.2 Å². The second-order valence-corrected chi connectivity index (χ2v) is 6.23. The molecule has 0 aliphatic heterocycles. The summed E-state index contributed by atoms with van der Waals surface area (Å²) in [7, 11) is 2.72. The Kier molecular flexibility index (Phi) is 9.41. The van der Waals surface area contributed by atoms with Crippen LogP contribution < -0.4 is 0 Å². The number of ether oxygens (including phenoxy) is 2. The van der Waals surface area contributed by atoms with Crippen LogP contribution in [0.5, 0.6) is 0 Å². The summed E-state index contributed by atoms with van der Waals surface area (Å²) in [6, 6.07) is 3.49. The zero-order valence-electron chi connectivity index (χ0n) is 15.0. The van der Waals surface area contributed by atoms with Crippen molar-refractivity contribution in [3.8, 4) is 0 Å². The molecule has 0 radical (unpaired) electrons. The quantitative estimate of drug-likeness (QED) is 0.437. The van der Waals surface area contributed by atoms with Gasteiger partial charge in [0.1, 0.15) is 11.6 Å². The third-order valence-electron chi connectivity index (χ3n) is 4.49. The zero-order chi connectivity index (χ0) is 18.0. The average molecular weight is 344 g/mol. The van der Waals surface area contributed by atoms with E-state index >= 15 is 0 Å². The van der Waals surface area contributed by atoms with Crippen LogP contribution in [0.2, 0.25) is 0 Å². The van der Waals surface area contributed by atoms with Crippen LogP contribution in [0.1, 0.15) is 57.4 Å². The highest BCUT2D eigenvalue weighted by Crippen LogP contribution is 2.30. The normalized spacial score (nSPS) is 13.2. The Bertz CT molecular complexity index is 476. The van der Waals surface area contributed by atoms with Gasteiger partial charge in [0, 0.05) is 26.2 Å². The van der Waals surface area contributed by atoms with Gasteiger partial charge in [0.05, 0.1) is 0 Å². The highest BCUT2D eigenvalue weighted by atomic mass is 19.1. The number of aliphatic hydroxyl groups is 1. The molecule has 3 nitrogen and oxygen atoms in total. The van der Waals surface area contributed by atoms with Crippen LogP contribution in [0, 0.1) is 17.6 Å². The lowest BCUT2D eigenvalue weighted by molar-refractivity contribution is -0.368. The van der Waals surface area contributed by atoms with E-state index in [0.29, 0.717) is 12.0 Å². The molecule has 1 N–H and O–H groups in total. The van der Waals surface area contributed by atoms with E-state index in [0.717, 1.165) is 25.3 Å². The molecule has 0 heterocycles. The molecular weight excluding hydrogens is 314 g/mol. The van der Waals surface area contributed by atoms with Crippen molar-refractivity contribution in [1.82, 2.24) is 0 Å². The second kappa shape index (κ2) is 10.7. The first-order chi connectivity index (χ1) is 11.5. The molecule has 1 atom stereocenters. The first-order valence-electron chi connectivity index (χ1n) is 8.73. The van der Waals surface area contributed by atoms with Gasteiger partial charge in [-0.05, 0) is 24.5 Å². The molecule has 138 valence electrons. The third-order valence-corrected chi connectivity index (χ3v) is 4.49. The fourth-order valence-electron chi connectivity index (χ4n) is 2.95. The predicted molar refractivity (Wildman–Crippen MR) is 90.5 cm³/mol. The van der Waals surface area contributed by atoms with Gasteiger partial charge in [-0.25, -0.2) is 8.78 Å². The summed E-state index contributed by atoms with van der Waals surface area (Å²) in [5.74, 6) is -3.43. The van der Waals surface area contributed by atoms with Crippen molar-refractivity contribution in [2.24, 2.45) is 5.92 Å². The van der Waals surface area contributed by atoms with Crippen LogP contribution in [0.25, 0.3) is 0 Å². The molecule has 1 unspecified atom stereocenters. The number of methoxy groups -OCH3 is 2. The van der Waals surface area contributed by atoms with Crippen molar-refractivity contribution in [3.63, 3.8) is 0 Å². The highest BCUT2D eigenvalue weighted by Gasteiger charge is 2.37. The zero-order valence-corrected chi connectivity index (χ0v) is 15.0. The van der Waals surface area contributed by atoms with E-state index in [1.165, 1.54) is 45.6 Å². The maximum Gasteiger partial charge on any atom is 0.283 e. The largest absolute Gasteiger partial charge is 0.343 e. The molecule has 0 spiro atoms. The van der Waals surface area contributed by atoms with E-state index in [2.05, 4.69) is 6.92 Å². The van der Waals surface area contributed by atoms with E-state index in [9.17, 15) is 13.9 Å². The number of benzene rings is 1. The molecule has 0 fully saturated rings. The van der Waals surface area contributed by atoms with Crippen LogP contribution in [-0.2, 0) is 15.9 Å². The van der Waals surface area contributed by atoms with Gasteiger partial charge in [0.15, 0.2) is 0 Å². The molecule has 0 saturated heterocycles. The van der Waals surface area contributed by atoms with Crippen molar-refractivity contribution < 1.29 is 23.4 Å². The Hall–Kier alpha value is -1.04. The van der Waals surface area contributed by atoms with E-state index in [1.54, 1.807) is 0 Å².